The minimum atomic E-state index is -3.75. The average molecular weight is 384 g/mol. The van der Waals surface area contributed by atoms with Gasteiger partial charge in [0.1, 0.15) is 11.6 Å². The van der Waals surface area contributed by atoms with Crippen LogP contribution in [-0.4, -0.2) is 40.3 Å². The van der Waals surface area contributed by atoms with Crippen molar-refractivity contribution in [2.24, 2.45) is 5.41 Å². The van der Waals surface area contributed by atoms with Crippen LogP contribution in [0.5, 0.6) is 5.75 Å². The molecular formula is C18H25FN2O4S. The standard InChI is InChI=1S/C18H25FN2O4S/c1-18(5-7-20-8-6-18)11-25-16-10-15(19)14(9-13(16)12-3-4-12)17(22)21-26(2,23)24/h9-10,12,20H,3-8,11H2,1-2H3,(H,21,22). The smallest absolute Gasteiger partial charge is 0.267 e. The molecule has 1 heterocycles. The number of amides is 1. The van der Waals surface area contributed by atoms with Gasteiger partial charge in [-0.05, 0) is 56.3 Å². The molecule has 1 saturated carbocycles. The van der Waals surface area contributed by atoms with Crippen LogP contribution in [0.1, 0.15) is 54.4 Å². The van der Waals surface area contributed by atoms with Crippen molar-refractivity contribution in [2.45, 2.75) is 38.5 Å². The summed E-state index contributed by atoms with van der Waals surface area (Å²) in [7, 11) is -3.75. The van der Waals surface area contributed by atoms with Crippen molar-refractivity contribution < 1.29 is 22.3 Å². The lowest BCUT2D eigenvalue weighted by atomic mass is 9.82. The van der Waals surface area contributed by atoms with Crippen LogP contribution in [-0.2, 0) is 10.0 Å². The number of benzene rings is 1. The van der Waals surface area contributed by atoms with Gasteiger partial charge in [-0.25, -0.2) is 17.5 Å². The number of hydrogen-bond acceptors (Lipinski definition) is 5. The molecule has 0 unspecified atom stereocenters. The summed E-state index contributed by atoms with van der Waals surface area (Å²) in [6.07, 6.45) is 4.75. The van der Waals surface area contributed by atoms with Crippen LogP contribution in [0.15, 0.2) is 12.1 Å². The zero-order chi connectivity index (χ0) is 18.9. The maximum Gasteiger partial charge on any atom is 0.267 e. The number of sulfonamides is 1. The maximum absolute atomic E-state index is 14.5. The summed E-state index contributed by atoms with van der Waals surface area (Å²) in [6.45, 7) is 4.53. The topological polar surface area (TPSA) is 84.5 Å². The summed E-state index contributed by atoms with van der Waals surface area (Å²) in [5.74, 6) is -1.04. The summed E-state index contributed by atoms with van der Waals surface area (Å²) < 4.78 is 44.8. The SMILES string of the molecule is CC1(COc2cc(F)c(C(=O)NS(C)(=O)=O)cc2C2CC2)CCNCC1. The number of ether oxygens (including phenoxy) is 1. The van der Waals surface area contributed by atoms with Crippen LogP contribution < -0.4 is 14.8 Å². The fourth-order valence-electron chi connectivity index (χ4n) is 3.23. The molecule has 0 spiro atoms. The molecule has 2 N–H and O–H groups in total. The third kappa shape index (κ3) is 4.73. The molecule has 1 amide bonds. The molecule has 26 heavy (non-hydrogen) atoms. The van der Waals surface area contributed by atoms with Crippen molar-refractivity contribution in [1.29, 1.82) is 0 Å². The fraction of sp³-hybridized carbons (Fsp3) is 0.611. The number of halogens is 1. The molecule has 2 fully saturated rings. The number of carbonyl (C=O) groups excluding carboxylic acids is 1. The third-order valence-corrected chi connectivity index (χ3v) is 5.58. The molecule has 3 rings (SSSR count). The molecule has 0 radical (unpaired) electrons. The molecule has 1 aromatic carbocycles. The van der Waals surface area contributed by atoms with E-state index in [1.807, 2.05) is 4.72 Å². The molecule has 0 atom stereocenters. The number of hydrogen-bond donors (Lipinski definition) is 2. The summed E-state index contributed by atoms with van der Waals surface area (Å²) in [4.78, 5) is 12.1. The van der Waals surface area contributed by atoms with Gasteiger partial charge >= 0.3 is 0 Å². The molecule has 6 nitrogen and oxygen atoms in total. The van der Waals surface area contributed by atoms with Crippen molar-refractivity contribution in [2.75, 3.05) is 26.0 Å². The first kappa shape index (κ1) is 19.1. The number of piperidine rings is 1. The number of rotatable bonds is 6. The zero-order valence-electron chi connectivity index (χ0n) is 15.1. The van der Waals surface area contributed by atoms with Gasteiger partial charge in [-0.3, -0.25) is 4.79 Å². The van der Waals surface area contributed by atoms with E-state index >= 15 is 0 Å². The average Bonchev–Trinajstić information content (AvgIpc) is 3.37. The molecule has 2 aliphatic rings. The lowest BCUT2D eigenvalue weighted by molar-refractivity contribution is 0.0977. The predicted octanol–water partition coefficient (Wildman–Crippen LogP) is 2.16. The van der Waals surface area contributed by atoms with Crippen molar-refractivity contribution >= 4 is 15.9 Å². The van der Waals surface area contributed by atoms with Gasteiger partial charge in [-0.1, -0.05) is 6.92 Å². The second kappa shape index (κ2) is 7.15. The van der Waals surface area contributed by atoms with Crippen LogP contribution >= 0.6 is 0 Å². The Hall–Kier alpha value is -1.67. The first-order valence-corrected chi connectivity index (χ1v) is 10.8. The van der Waals surface area contributed by atoms with E-state index in [4.69, 9.17) is 4.74 Å². The van der Waals surface area contributed by atoms with E-state index < -0.39 is 21.7 Å². The Morgan fingerprint density at radius 1 is 1.35 bits per heavy atom. The summed E-state index contributed by atoms with van der Waals surface area (Å²) in [6, 6.07) is 2.66. The second-order valence-electron chi connectivity index (χ2n) is 7.70. The van der Waals surface area contributed by atoms with Gasteiger partial charge in [0.2, 0.25) is 10.0 Å². The number of carbonyl (C=O) groups is 1. The van der Waals surface area contributed by atoms with Crippen LogP contribution in [0.2, 0.25) is 0 Å². The molecule has 1 aliphatic heterocycles. The van der Waals surface area contributed by atoms with Crippen LogP contribution in [0, 0.1) is 11.2 Å². The minimum absolute atomic E-state index is 0.0366. The molecular weight excluding hydrogens is 359 g/mol. The Morgan fingerprint density at radius 3 is 2.58 bits per heavy atom. The lowest BCUT2D eigenvalue weighted by Gasteiger charge is -2.34. The van der Waals surface area contributed by atoms with Crippen molar-refractivity contribution in [3.05, 3.63) is 29.1 Å². The van der Waals surface area contributed by atoms with Crippen LogP contribution in [0.3, 0.4) is 0 Å². The highest BCUT2D eigenvalue weighted by Crippen LogP contribution is 2.45. The summed E-state index contributed by atoms with van der Waals surface area (Å²) in [5, 5.41) is 3.32. The normalized spacial score (nSPS) is 19.8. The van der Waals surface area contributed by atoms with Gasteiger partial charge in [0.25, 0.3) is 5.91 Å². The highest BCUT2D eigenvalue weighted by molar-refractivity contribution is 7.89. The van der Waals surface area contributed by atoms with E-state index in [-0.39, 0.29) is 16.9 Å². The Morgan fingerprint density at radius 2 is 2.00 bits per heavy atom. The van der Waals surface area contributed by atoms with Crippen molar-refractivity contribution in [3.63, 3.8) is 0 Å². The molecule has 1 aliphatic carbocycles. The Bertz CT molecular complexity index is 800. The Labute approximate surface area is 153 Å². The highest BCUT2D eigenvalue weighted by Gasteiger charge is 2.32. The van der Waals surface area contributed by atoms with Gasteiger partial charge in [0.15, 0.2) is 0 Å². The summed E-state index contributed by atoms with van der Waals surface area (Å²) in [5.41, 5.74) is 0.551. The fourth-order valence-corrected chi connectivity index (χ4v) is 3.68. The molecule has 0 bridgehead atoms. The van der Waals surface area contributed by atoms with Gasteiger partial charge in [0, 0.05) is 11.5 Å². The molecule has 0 aromatic heterocycles. The first-order valence-electron chi connectivity index (χ1n) is 8.86. The quantitative estimate of drug-likeness (QED) is 0.785. The van der Waals surface area contributed by atoms with E-state index in [1.165, 1.54) is 12.1 Å². The molecule has 1 aromatic rings. The minimum Gasteiger partial charge on any atom is -0.493 e. The second-order valence-corrected chi connectivity index (χ2v) is 9.45. The Balaban J connectivity index is 1.82. The number of nitrogens with one attached hydrogen (secondary N) is 2. The highest BCUT2D eigenvalue weighted by atomic mass is 32.2. The monoisotopic (exact) mass is 384 g/mol. The van der Waals surface area contributed by atoms with E-state index in [0.29, 0.717) is 12.4 Å². The van der Waals surface area contributed by atoms with Gasteiger partial charge in [-0.15, -0.1) is 0 Å². The van der Waals surface area contributed by atoms with Gasteiger partial charge < -0.3 is 10.1 Å². The van der Waals surface area contributed by atoms with E-state index in [1.54, 1.807) is 0 Å². The predicted molar refractivity (Wildman–Crippen MR) is 96.4 cm³/mol. The first-order chi connectivity index (χ1) is 12.2. The van der Waals surface area contributed by atoms with E-state index in [0.717, 1.165) is 50.6 Å². The van der Waals surface area contributed by atoms with Crippen LogP contribution in [0.25, 0.3) is 0 Å². The Kier molecular flexibility index (Phi) is 5.25. The van der Waals surface area contributed by atoms with E-state index in [2.05, 4.69) is 12.2 Å². The zero-order valence-corrected chi connectivity index (χ0v) is 15.9. The van der Waals surface area contributed by atoms with Crippen molar-refractivity contribution in [1.82, 2.24) is 10.0 Å². The van der Waals surface area contributed by atoms with E-state index in [9.17, 15) is 17.6 Å². The summed E-state index contributed by atoms with van der Waals surface area (Å²) >= 11 is 0. The van der Waals surface area contributed by atoms with Gasteiger partial charge in [0.05, 0.1) is 18.4 Å². The maximum atomic E-state index is 14.5. The lowest BCUT2D eigenvalue weighted by Crippen LogP contribution is -2.38. The van der Waals surface area contributed by atoms with Gasteiger partial charge in [-0.2, -0.15) is 0 Å². The molecule has 8 heteroatoms. The molecule has 144 valence electrons. The molecule has 1 saturated heterocycles. The van der Waals surface area contributed by atoms with Crippen LogP contribution in [0.4, 0.5) is 4.39 Å². The largest absolute Gasteiger partial charge is 0.493 e. The third-order valence-electron chi connectivity index (χ3n) is 5.03. The van der Waals surface area contributed by atoms with Crippen molar-refractivity contribution in [3.8, 4) is 5.75 Å².